The number of esters is 1. The van der Waals surface area contributed by atoms with Crippen molar-refractivity contribution >= 4 is 12.1 Å². The van der Waals surface area contributed by atoms with E-state index in [2.05, 4.69) is 0 Å². The Hall–Kier alpha value is -2.04. The predicted molar refractivity (Wildman–Crippen MR) is 82.6 cm³/mol. The molecule has 1 saturated carbocycles. The van der Waals surface area contributed by atoms with Crippen LogP contribution in [0.2, 0.25) is 0 Å². The Bertz CT molecular complexity index is 585. The Morgan fingerprint density at radius 1 is 1.18 bits per heavy atom. The average molecular weight is 305 g/mol. The van der Waals surface area contributed by atoms with E-state index in [0.29, 0.717) is 18.4 Å². The van der Waals surface area contributed by atoms with E-state index in [4.69, 9.17) is 9.47 Å². The van der Waals surface area contributed by atoms with Gasteiger partial charge in [0.05, 0.1) is 5.56 Å². The minimum absolute atomic E-state index is 0.411. The Labute approximate surface area is 131 Å². The van der Waals surface area contributed by atoms with Crippen molar-refractivity contribution in [1.29, 1.82) is 0 Å². The van der Waals surface area contributed by atoms with E-state index in [0.717, 1.165) is 5.56 Å². The van der Waals surface area contributed by atoms with Crippen LogP contribution in [0.4, 0.5) is 4.79 Å². The molecule has 1 aliphatic rings. The summed E-state index contributed by atoms with van der Waals surface area (Å²) in [5.41, 5.74) is -0.0852. The highest BCUT2D eigenvalue weighted by Gasteiger charge is 2.54. The normalized spacial score (nSPS) is 15.9. The van der Waals surface area contributed by atoms with Crippen LogP contribution in [0, 0.1) is 6.92 Å². The second-order valence-corrected chi connectivity index (χ2v) is 6.69. The summed E-state index contributed by atoms with van der Waals surface area (Å²) in [6.45, 7) is 7.26. The SMILES string of the molecule is Cc1ccccc1C(=O)OC1(N(C)C(=O)OC(C)(C)C)CC1. The van der Waals surface area contributed by atoms with Gasteiger partial charge in [-0.1, -0.05) is 18.2 Å². The van der Waals surface area contributed by atoms with Crippen molar-refractivity contribution in [3.63, 3.8) is 0 Å². The summed E-state index contributed by atoms with van der Waals surface area (Å²) in [7, 11) is 1.60. The predicted octanol–water partition coefficient (Wildman–Crippen LogP) is 3.51. The average Bonchev–Trinajstić information content (AvgIpc) is 3.17. The quantitative estimate of drug-likeness (QED) is 0.633. The Balaban J connectivity index is 2.07. The van der Waals surface area contributed by atoms with Gasteiger partial charge in [-0.25, -0.2) is 9.59 Å². The monoisotopic (exact) mass is 305 g/mol. The molecule has 0 aliphatic heterocycles. The molecule has 22 heavy (non-hydrogen) atoms. The number of aryl methyl sites for hydroxylation is 1. The third-order valence-electron chi connectivity index (χ3n) is 3.60. The van der Waals surface area contributed by atoms with Crippen LogP contribution in [0.15, 0.2) is 24.3 Å². The summed E-state index contributed by atoms with van der Waals surface area (Å²) < 4.78 is 10.9. The van der Waals surface area contributed by atoms with Gasteiger partial charge in [-0.3, -0.25) is 4.90 Å². The molecular formula is C17H23NO4. The van der Waals surface area contributed by atoms with E-state index in [1.807, 2.05) is 19.1 Å². The maximum absolute atomic E-state index is 12.3. The molecule has 2 rings (SSSR count). The van der Waals surface area contributed by atoms with Crippen LogP contribution >= 0.6 is 0 Å². The first-order valence-electron chi connectivity index (χ1n) is 7.40. The molecule has 0 radical (unpaired) electrons. The zero-order valence-corrected chi connectivity index (χ0v) is 13.8. The lowest BCUT2D eigenvalue weighted by molar-refractivity contribution is -0.0510. The second-order valence-electron chi connectivity index (χ2n) is 6.69. The highest BCUT2D eigenvalue weighted by Crippen LogP contribution is 2.43. The van der Waals surface area contributed by atoms with Crippen molar-refractivity contribution < 1.29 is 19.1 Å². The number of benzene rings is 1. The number of amides is 1. The van der Waals surface area contributed by atoms with Gasteiger partial charge >= 0.3 is 12.1 Å². The lowest BCUT2D eigenvalue weighted by Gasteiger charge is -2.30. The molecule has 5 nitrogen and oxygen atoms in total. The van der Waals surface area contributed by atoms with E-state index >= 15 is 0 Å². The highest BCUT2D eigenvalue weighted by molar-refractivity contribution is 5.91. The van der Waals surface area contributed by atoms with Crippen LogP contribution in [-0.2, 0) is 9.47 Å². The smallest absolute Gasteiger partial charge is 0.413 e. The number of carbonyl (C=O) groups excluding carboxylic acids is 2. The molecule has 5 heteroatoms. The summed E-state index contributed by atoms with van der Waals surface area (Å²) in [6.07, 6.45) is 0.767. The van der Waals surface area contributed by atoms with Crippen LogP contribution in [0.5, 0.6) is 0 Å². The number of hydrogen-bond acceptors (Lipinski definition) is 4. The van der Waals surface area contributed by atoms with Crippen LogP contribution in [0.1, 0.15) is 49.5 Å². The number of carbonyl (C=O) groups is 2. The third kappa shape index (κ3) is 3.59. The number of rotatable bonds is 3. The van der Waals surface area contributed by atoms with Crippen molar-refractivity contribution in [1.82, 2.24) is 4.90 Å². The van der Waals surface area contributed by atoms with Gasteiger partial charge in [0.1, 0.15) is 5.60 Å². The molecule has 1 aromatic rings. The largest absolute Gasteiger partial charge is 0.444 e. The molecule has 0 atom stereocenters. The van der Waals surface area contributed by atoms with E-state index in [1.165, 1.54) is 4.90 Å². The van der Waals surface area contributed by atoms with Gasteiger partial charge in [0.2, 0.25) is 0 Å². The summed E-state index contributed by atoms with van der Waals surface area (Å²) in [6, 6.07) is 7.24. The van der Waals surface area contributed by atoms with Crippen molar-refractivity contribution in [3.8, 4) is 0 Å². The number of hydrogen-bond donors (Lipinski definition) is 0. The molecule has 1 aliphatic carbocycles. The lowest BCUT2D eigenvalue weighted by Crippen LogP contribution is -2.44. The van der Waals surface area contributed by atoms with Gasteiger partial charge in [-0.15, -0.1) is 0 Å². The maximum atomic E-state index is 12.3. The van der Waals surface area contributed by atoms with Gasteiger partial charge < -0.3 is 9.47 Å². The Kier molecular flexibility index (Phi) is 4.18. The van der Waals surface area contributed by atoms with Crippen LogP contribution in [0.3, 0.4) is 0 Å². The fourth-order valence-corrected chi connectivity index (χ4v) is 2.14. The first-order chi connectivity index (χ1) is 10.1. The van der Waals surface area contributed by atoms with Crippen molar-refractivity contribution in [2.45, 2.75) is 51.9 Å². The van der Waals surface area contributed by atoms with Crippen molar-refractivity contribution in [3.05, 3.63) is 35.4 Å². The summed E-state index contributed by atoms with van der Waals surface area (Å²) in [4.78, 5) is 25.9. The van der Waals surface area contributed by atoms with E-state index in [1.54, 1.807) is 40.0 Å². The van der Waals surface area contributed by atoms with Crippen LogP contribution < -0.4 is 0 Å². The Morgan fingerprint density at radius 2 is 1.77 bits per heavy atom. The molecular weight excluding hydrogens is 282 g/mol. The molecule has 0 heterocycles. The van der Waals surface area contributed by atoms with Crippen molar-refractivity contribution in [2.75, 3.05) is 7.05 Å². The topological polar surface area (TPSA) is 55.8 Å². The van der Waals surface area contributed by atoms with Crippen LogP contribution in [0.25, 0.3) is 0 Å². The molecule has 0 N–H and O–H groups in total. The number of nitrogens with zero attached hydrogens (tertiary/aromatic N) is 1. The minimum atomic E-state index is -0.873. The first-order valence-corrected chi connectivity index (χ1v) is 7.40. The van der Waals surface area contributed by atoms with Gasteiger partial charge in [-0.2, -0.15) is 0 Å². The first kappa shape index (κ1) is 16.3. The maximum Gasteiger partial charge on any atom is 0.413 e. The van der Waals surface area contributed by atoms with Gasteiger partial charge in [0, 0.05) is 19.9 Å². The summed E-state index contributed by atoms with van der Waals surface area (Å²) in [5, 5.41) is 0. The molecule has 0 bridgehead atoms. The molecule has 120 valence electrons. The van der Waals surface area contributed by atoms with Crippen molar-refractivity contribution in [2.24, 2.45) is 0 Å². The molecule has 0 aromatic heterocycles. The van der Waals surface area contributed by atoms with Gasteiger partial charge in [0.15, 0.2) is 5.72 Å². The highest BCUT2D eigenvalue weighted by atomic mass is 16.6. The molecule has 1 aromatic carbocycles. The third-order valence-corrected chi connectivity index (χ3v) is 3.60. The van der Waals surface area contributed by atoms with Gasteiger partial charge in [0.25, 0.3) is 0 Å². The number of ether oxygens (including phenoxy) is 2. The fraction of sp³-hybridized carbons (Fsp3) is 0.529. The molecule has 0 spiro atoms. The minimum Gasteiger partial charge on any atom is -0.444 e. The van der Waals surface area contributed by atoms with E-state index < -0.39 is 23.4 Å². The lowest BCUT2D eigenvalue weighted by atomic mass is 10.1. The standard InChI is InChI=1S/C17H23NO4/c1-12-8-6-7-9-13(12)14(19)21-17(10-11-17)18(5)15(20)22-16(2,3)4/h6-9H,10-11H2,1-5H3. The molecule has 1 fully saturated rings. The second kappa shape index (κ2) is 5.63. The zero-order valence-electron chi connectivity index (χ0n) is 13.8. The summed E-state index contributed by atoms with van der Waals surface area (Å²) in [5.74, 6) is -0.411. The molecule has 1 amide bonds. The summed E-state index contributed by atoms with van der Waals surface area (Å²) >= 11 is 0. The molecule has 0 saturated heterocycles. The fourth-order valence-electron chi connectivity index (χ4n) is 2.14. The van der Waals surface area contributed by atoms with E-state index in [-0.39, 0.29) is 0 Å². The van der Waals surface area contributed by atoms with Gasteiger partial charge in [-0.05, 0) is 39.3 Å². The van der Waals surface area contributed by atoms with E-state index in [9.17, 15) is 9.59 Å². The zero-order chi connectivity index (χ0) is 16.5. The molecule has 0 unspecified atom stereocenters. The van der Waals surface area contributed by atoms with Crippen LogP contribution in [-0.4, -0.2) is 35.3 Å². The Morgan fingerprint density at radius 3 is 2.27 bits per heavy atom.